The third-order valence-electron chi connectivity index (χ3n) is 2.76. The molecule has 0 heterocycles. The molecule has 0 aliphatic rings. The number of benzene rings is 2. The highest BCUT2D eigenvalue weighted by molar-refractivity contribution is 14.1. The highest BCUT2D eigenvalue weighted by Gasteiger charge is 2.12. The van der Waals surface area contributed by atoms with Crippen LogP contribution in [-0.2, 0) is 6.42 Å². The van der Waals surface area contributed by atoms with Crippen LogP contribution in [0, 0.1) is 3.57 Å². The Morgan fingerprint density at radius 3 is 2.29 bits per heavy atom. The number of nitrogens with one attached hydrogen (secondary N) is 1. The van der Waals surface area contributed by atoms with Gasteiger partial charge in [-0.3, -0.25) is 11.3 Å². The van der Waals surface area contributed by atoms with Gasteiger partial charge in [-0.25, -0.2) is 0 Å². The lowest BCUT2D eigenvalue weighted by molar-refractivity contribution is 0.550. The highest BCUT2D eigenvalue weighted by atomic mass is 127. The fourth-order valence-electron chi connectivity index (χ4n) is 1.87. The molecule has 0 radical (unpaired) electrons. The van der Waals surface area contributed by atoms with Crippen LogP contribution in [0.25, 0.3) is 0 Å². The van der Waals surface area contributed by atoms with Gasteiger partial charge in [0.2, 0.25) is 0 Å². The van der Waals surface area contributed by atoms with Crippen LogP contribution in [-0.4, -0.2) is 0 Å². The van der Waals surface area contributed by atoms with E-state index >= 15 is 0 Å². The number of nitrogens with two attached hydrogens (primary N) is 1. The first-order chi connectivity index (χ1) is 8.31. The van der Waals surface area contributed by atoms with Crippen molar-refractivity contribution in [1.82, 2.24) is 5.43 Å². The van der Waals surface area contributed by atoms with Crippen molar-refractivity contribution < 1.29 is 0 Å². The van der Waals surface area contributed by atoms with Crippen molar-refractivity contribution in [3.63, 3.8) is 0 Å². The summed E-state index contributed by atoms with van der Waals surface area (Å²) in [7, 11) is 0. The van der Waals surface area contributed by atoms with Crippen molar-refractivity contribution in [2.45, 2.75) is 12.5 Å². The first-order valence-electron chi connectivity index (χ1n) is 5.55. The van der Waals surface area contributed by atoms with Crippen molar-refractivity contribution in [3.05, 3.63) is 69.3 Å². The second kappa shape index (κ2) is 6.14. The molecule has 1 atom stereocenters. The fraction of sp³-hybridized carbons (Fsp3) is 0.143. The number of hydrazine groups is 1. The van der Waals surface area contributed by atoms with E-state index in [9.17, 15) is 0 Å². The molecule has 2 aromatic rings. The van der Waals surface area contributed by atoms with E-state index in [0.717, 1.165) is 6.42 Å². The topological polar surface area (TPSA) is 38.0 Å². The van der Waals surface area contributed by atoms with Crippen molar-refractivity contribution >= 4 is 22.6 Å². The highest BCUT2D eigenvalue weighted by Crippen LogP contribution is 2.22. The Labute approximate surface area is 115 Å². The molecule has 88 valence electrons. The lowest BCUT2D eigenvalue weighted by Gasteiger charge is -2.17. The number of hydrogen-bond donors (Lipinski definition) is 2. The van der Waals surface area contributed by atoms with Crippen LogP contribution in [0.15, 0.2) is 54.6 Å². The number of hydrogen-bond acceptors (Lipinski definition) is 2. The largest absolute Gasteiger partial charge is 0.271 e. The number of rotatable bonds is 4. The Bertz CT molecular complexity index is 471. The van der Waals surface area contributed by atoms with E-state index in [2.05, 4.69) is 64.4 Å². The minimum atomic E-state index is 0.158. The second-order valence-electron chi connectivity index (χ2n) is 3.93. The predicted molar refractivity (Wildman–Crippen MR) is 79.4 cm³/mol. The molecule has 0 aliphatic carbocycles. The van der Waals surface area contributed by atoms with Crippen molar-refractivity contribution in [2.75, 3.05) is 0 Å². The molecule has 2 rings (SSSR count). The van der Waals surface area contributed by atoms with Gasteiger partial charge in [-0.1, -0.05) is 48.5 Å². The zero-order chi connectivity index (χ0) is 12.1. The molecule has 3 heteroatoms. The molecule has 1 unspecified atom stereocenters. The summed E-state index contributed by atoms with van der Waals surface area (Å²) in [6.07, 6.45) is 0.900. The lowest BCUT2D eigenvalue weighted by atomic mass is 9.99. The second-order valence-corrected chi connectivity index (χ2v) is 5.09. The van der Waals surface area contributed by atoms with Gasteiger partial charge in [0.15, 0.2) is 0 Å². The van der Waals surface area contributed by atoms with Crippen molar-refractivity contribution in [1.29, 1.82) is 0 Å². The molecule has 0 spiro atoms. The van der Waals surface area contributed by atoms with Crippen molar-refractivity contribution in [2.24, 2.45) is 5.84 Å². The minimum absolute atomic E-state index is 0.158. The SMILES string of the molecule is NNC(Cc1ccccc1)c1ccccc1I. The summed E-state index contributed by atoms with van der Waals surface area (Å²) in [5.74, 6) is 5.67. The third kappa shape index (κ3) is 3.28. The molecular weight excluding hydrogens is 323 g/mol. The molecule has 0 saturated heterocycles. The Balaban J connectivity index is 2.21. The lowest BCUT2D eigenvalue weighted by Crippen LogP contribution is -2.30. The van der Waals surface area contributed by atoms with Crippen LogP contribution in [0.4, 0.5) is 0 Å². The Morgan fingerprint density at radius 1 is 1.00 bits per heavy atom. The molecule has 0 amide bonds. The summed E-state index contributed by atoms with van der Waals surface area (Å²) in [6.45, 7) is 0. The van der Waals surface area contributed by atoms with E-state index in [1.807, 2.05) is 18.2 Å². The maximum absolute atomic E-state index is 5.67. The van der Waals surface area contributed by atoms with Crippen LogP contribution in [0.5, 0.6) is 0 Å². The molecule has 0 aliphatic heterocycles. The first kappa shape index (κ1) is 12.5. The van der Waals surface area contributed by atoms with Gasteiger partial charge in [-0.2, -0.15) is 0 Å². The molecule has 2 aromatic carbocycles. The van der Waals surface area contributed by atoms with E-state index in [1.165, 1.54) is 14.7 Å². The Hall–Kier alpha value is -0.910. The fourth-order valence-corrected chi connectivity index (χ4v) is 2.63. The standard InChI is InChI=1S/C14H15IN2/c15-13-9-5-4-8-12(13)14(17-16)10-11-6-2-1-3-7-11/h1-9,14,17H,10,16H2. The quantitative estimate of drug-likeness (QED) is 0.511. The maximum atomic E-state index is 5.67. The van der Waals surface area contributed by atoms with Gasteiger partial charge in [-0.15, -0.1) is 0 Å². The minimum Gasteiger partial charge on any atom is -0.271 e. The van der Waals surface area contributed by atoms with E-state index < -0.39 is 0 Å². The van der Waals surface area contributed by atoms with Gasteiger partial charge in [0.1, 0.15) is 0 Å². The van der Waals surface area contributed by atoms with Gasteiger partial charge in [-0.05, 0) is 46.2 Å². The van der Waals surface area contributed by atoms with E-state index in [1.54, 1.807) is 0 Å². The molecule has 3 N–H and O–H groups in total. The summed E-state index contributed by atoms with van der Waals surface area (Å²) >= 11 is 2.35. The van der Waals surface area contributed by atoms with E-state index in [0.29, 0.717) is 0 Å². The van der Waals surface area contributed by atoms with Gasteiger partial charge in [0.25, 0.3) is 0 Å². The van der Waals surface area contributed by atoms with Crippen molar-refractivity contribution in [3.8, 4) is 0 Å². The van der Waals surface area contributed by atoms with Crippen LogP contribution in [0.3, 0.4) is 0 Å². The van der Waals surface area contributed by atoms with Crippen LogP contribution < -0.4 is 11.3 Å². The van der Waals surface area contributed by atoms with Gasteiger partial charge < -0.3 is 0 Å². The van der Waals surface area contributed by atoms with Crippen LogP contribution in [0.2, 0.25) is 0 Å². The average Bonchev–Trinajstić information content (AvgIpc) is 2.38. The van der Waals surface area contributed by atoms with Gasteiger partial charge >= 0.3 is 0 Å². The normalized spacial score (nSPS) is 12.4. The summed E-state index contributed by atoms with van der Waals surface area (Å²) in [6, 6.07) is 18.9. The maximum Gasteiger partial charge on any atom is 0.0510 e. The third-order valence-corrected chi connectivity index (χ3v) is 3.75. The summed E-state index contributed by atoms with van der Waals surface area (Å²) in [4.78, 5) is 0. The van der Waals surface area contributed by atoms with Crippen LogP contribution in [0.1, 0.15) is 17.2 Å². The van der Waals surface area contributed by atoms with E-state index in [4.69, 9.17) is 5.84 Å². The Morgan fingerprint density at radius 2 is 1.65 bits per heavy atom. The van der Waals surface area contributed by atoms with Crippen LogP contribution >= 0.6 is 22.6 Å². The predicted octanol–water partition coefficient (Wildman–Crippen LogP) is 3.04. The smallest absolute Gasteiger partial charge is 0.0510 e. The molecule has 0 aromatic heterocycles. The molecular formula is C14H15IN2. The molecule has 2 nitrogen and oxygen atoms in total. The molecule has 0 bridgehead atoms. The summed E-state index contributed by atoms with van der Waals surface area (Å²) in [5.41, 5.74) is 5.44. The number of halogens is 1. The molecule has 17 heavy (non-hydrogen) atoms. The Kier molecular flexibility index (Phi) is 4.53. The summed E-state index contributed by atoms with van der Waals surface area (Å²) in [5, 5.41) is 0. The monoisotopic (exact) mass is 338 g/mol. The van der Waals surface area contributed by atoms with Gasteiger partial charge in [0, 0.05) is 3.57 Å². The molecule has 0 fully saturated rings. The first-order valence-corrected chi connectivity index (χ1v) is 6.63. The van der Waals surface area contributed by atoms with E-state index in [-0.39, 0.29) is 6.04 Å². The summed E-state index contributed by atoms with van der Waals surface area (Å²) < 4.78 is 1.24. The van der Waals surface area contributed by atoms with Gasteiger partial charge in [0.05, 0.1) is 6.04 Å². The molecule has 0 saturated carbocycles. The zero-order valence-electron chi connectivity index (χ0n) is 9.44. The zero-order valence-corrected chi connectivity index (χ0v) is 11.6. The average molecular weight is 338 g/mol.